The second kappa shape index (κ2) is 8.07. The third kappa shape index (κ3) is 5.06. The van der Waals surface area contributed by atoms with Crippen LogP contribution in [-0.2, 0) is 6.42 Å². The molecule has 0 saturated carbocycles. The van der Waals surface area contributed by atoms with Crippen LogP contribution in [0.2, 0.25) is 0 Å². The van der Waals surface area contributed by atoms with E-state index in [1.807, 2.05) is 30.3 Å². The van der Waals surface area contributed by atoms with Crippen LogP contribution >= 0.6 is 0 Å². The van der Waals surface area contributed by atoms with Crippen LogP contribution < -0.4 is 10.6 Å². The van der Waals surface area contributed by atoms with Crippen molar-refractivity contribution in [2.75, 3.05) is 11.9 Å². The Morgan fingerprint density at radius 1 is 1.25 bits per heavy atom. The van der Waals surface area contributed by atoms with E-state index in [0.29, 0.717) is 17.7 Å². The molecule has 7 heteroatoms. The quantitative estimate of drug-likeness (QED) is 0.559. The Bertz CT molecular complexity index is 719. The first kappa shape index (κ1) is 17.4. The molecule has 0 saturated heterocycles. The van der Waals surface area contributed by atoms with E-state index in [0.717, 1.165) is 5.56 Å². The molecule has 1 unspecified atom stereocenters. The summed E-state index contributed by atoms with van der Waals surface area (Å²) in [4.78, 5) is 22.1. The molecule has 7 nitrogen and oxygen atoms in total. The SMILES string of the molecule is Cc1cc([N+](=O)[O-])ccc1NC(=O)NCC(O)Cc1ccccc1. The van der Waals surface area contributed by atoms with Gasteiger partial charge in [0.15, 0.2) is 0 Å². The van der Waals surface area contributed by atoms with E-state index < -0.39 is 17.1 Å². The van der Waals surface area contributed by atoms with E-state index in [9.17, 15) is 20.0 Å². The maximum absolute atomic E-state index is 11.9. The molecule has 0 aliphatic heterocycles. The fourth-order valence-electron chi connectivity index (χ4n) is 2.24. The van der Waals surface area contributed by atoms with Crippen molar-refractivity contribution in [2.24, 2.45) is 0 Å². The van der Waals surface area contributed by atoms with Crippen LogP contribution in [0, 0.1) is 17.0 Å². The van der Waals surface area contributed by atoms with Crippen molar-refractivity contribution >= 4 is 17.4 Å². The molecule has 126 valence electrons. The minimum atomic E-state index is -0.698. The molecule has 2 aromatic carbocycles. The van der Waals surface area contributed by atoms with Gasteiger partial charge in [-0.1, -0.05) is 30.3 Å². The van der Waals surface area contributed by atoms with Gasteiger partial charge in [0, 0.05) is 30.8 Å². The number of aliphatic hydroxyl groups is 1. The highest BCUT2D eigenvalue weighted by atomic mass is 16.6. The van der Waals surface area contributed by atoms with Crippen LogP contribution in [0.4, 0.5) is 16.2 Å². The third-order valence-electron chi connectivity index (χ3n) is 3.48. The zero-order valence-corrected chi connectivity index (χ0v) is 13.2. The van der Waals surface area contributed by atoms with Crippen LogP contribution in [0.15, 0.2) is 48.5 Å². The first-order chi connectivity index (χ1) is 11.5. The Hall–Kier alpha value is -2.93. The number of carbonyl (C=O) groups excluding carboxylic acids is 1. The minimum absolute atomic E-state index is 0.0308. The van der Waals surface area contributed by atoms with Crippen molar-refractivity contribution in [3.05, 3.63) is 69.8 Å². The molecule has 0 bridgehead atoms. The van der Waals surface area contributed by atoms with Crippen molar-refractivity contribution in [1.82, 2.24) is 5.32 Å². The Balaban J connectivity index is 1.84. The zero-order chi connectivity index (χ0) is 17.5. The van der Waals surface area contributed by atoms with Gasteiger partial charge in [0.1, 0.15) is 0 Å². The molecule has 0 aliphatic carbocycles. The first-order valence-electron chi connectivity index (χ1n) is 7.47. The van der Waals surface area contributed by atoms with Gasteiger partial charge in [0.25, 0.3) is 5.69 Å². The molecule has 3 N–H and O–H groups in total. The monoisotopic (exact) mass is 329 g/mol. The molecule has 0 spiro atoms. The summed E-state index contributed by atoms with van der Waals surface area (Å²) in [6, 6.07) is 13.2. The Morgan fingerprint density at radius 3 is 2.58 bits per heavy atom. The number of nitrogens with one attached hydrogen (secondary N) is 2. The van der Waals surface area contributed by atoms with Gasteiger partial charge in [-0.3, -0.25) is 10.1 Å². The minimum Gasteiger partial charge on any atom is -0.391 e. The van der Waals surface area contributed by atoms with Gasteiger partial charge in [0.05, 0.1) is 11.0 Å². The number of anilines is 1. The second-order valence-corrected chi connectivity index (χ2v) is 5.43. The fraction of sp³-hybridized carbons (Fsp3) is 0.235. The van der Waals surface area contributed by atoms with E-state index in [-0.39, 0.29) is 12.2 Å². The lowest BCUT2D eigenvalue weighted by Gasteiger charge is -2.13. The number of urea groups is 1. The maximum Gasteiger partial charge on any atom is 0.319 e. The molecule has 2 aromatic rings. The number of aryl methyl sites for hydroxylation is 1. The molecule has 0 aromatic heterocycles. The molecule has 2 rings (SSSR count). The van der Waals surface area contributed by atoms with Crippen LogP contribution in [0.3, 0.4) is 0 Å². The number of rotatable bonds is 6. The maximum atomic E-state index is 11.9. The summed E-state index contributed by atoms with van der Waals surface area (Å²) in [6.07, 6.45) is -0.256. The molecular formula is C17H19N3O4. The molecule has 0 heterocycles. The number of nitrogens with zero attached hydrogens (tertiary/aromatic N) is 1. The highest BCUT2D eigenvalue weighted by Crippen LogP contribution is 2.20. The van der Waals surface area contributed by atoms with Crippen molar-refractivity contribution in [1.29, 1.82) is 0 Å². The molecule has 1 atom stereocenters. The van der Waals surface area contributed by atoms with E-state index in [1.54, 1.807) is 6.92 Å². The van der Waals surface area contributed by atoms with Crippen LogP contribution in [-0.4, -0.2) is 28.7 Å². The van der Waals surface area contributed by atoms with E-state index in [1.165, 1.54) is 18.2 Å². The third-order valence-corrected chi connectivity index (χ3v) is 3.48. The van der Waals surface area contributed by atoms with Crippen molar-refractivity contribution in [3.8, 4) is 0 Å². The van der Waals surface area contributed by atoms with E-state index in [4.69, 9.17) is 0 Å². The largest absolute Gasteiger partial charge is 0.391 e. The van der Waals surface area contributed by atoms with Crippen LogP contribution in [0.1, 0.15) is 11.1 Å². The average molecular weight is 329 g/mol. The summed E-state index contributed by atoms with van der Waals surface area (Å²) in [6.45, 7) is 1.78. The molecule has 2 amide bonds. The van der Waals surface area contributed by atoms with Crippen molar-refractivity contribution in [2.45, 2.75) is 19.4 Å². The molecule has 24 heavy (non-hydrogen) atoms. The highest BCUT2D eigenvalue weighted by Gasteiger charge is 2.11. The van der Waals surface area contributed by atoms with Crippen LogP contribution in [0.5, 0.6) is 0 Å². The van der Waals surface area contributed by atoms with Gasteiger partial charge in [-0.05, 0) is 24.1 Å². The second-order valence-electron chi connectivity index (χ2n) is 5.43. The number of nitro groups is 1. The smallest absolute Gasteiger partial charge is 0.319 e. The highest BCUT2D eigenvalue weighted by molar-refractivity contribution is 5.90. The molecular weight excluding hydrogens is 310 g/mol. The lowest BCUT2D eigenvalue weighted by molar-refractivity contribution is -0.384. The van der Waals surface area contributed by atoms with Crippen molar-refractivity contribution < 1.29 is 14.8 Å². The van der Waals surface area contributed by atoms with Gasteiger partial charge in [-0.2, -0.15) is 0 Å². The number of aliphatic hydroxyl groups excluding tert-OH is 1. The molecule has 0 fully saturated rings. The summed E-state index contributed by atoms with van der Waals surface area (Å²) in [5.74, 6) is 0. The topological polar surface area (TPSA) is 105 Å². The number of amides is 2. The molecule has 0 aliphatic rings. The summed E-state index contributed by atoms with van der Waals surface area (Å²) < 4.78 is 0. The van der Waals surface area contributed by atoms with Gasteiger partial charge < -0.3 is 15.7 Å². The van der Waals surface area contributed by atoms with Gasteiger partial charge in [-0.25, -0.2) is 4.79 Å². The normalized spacial score (nSPS) is 11.6. The lowest BCUT2D eigenvalue weighted by atomic mass is 10.1. The van der Waals surface area contributed by atoms with Gasteiger partial charge >= 0.3 is 6.03 Å². The van der Waals surface area contributed by atoms with E-state index in [2.05, 4.69) is 10.6 Å². The standard InChI is InChI=1S/C17H19N3O4/c1-12-9-14(20(23)24)7-8-16(12)19-17(22)18-11-15(21)10-13-5-3-2-4-6-13/h2-9,15,21H,10-11H2,1H3,(H2,18,19,22). The Morgan fingerprint density at radius 2 is 1.96 bits per heavy atom. The number of nitro benzene ring substituents is 1. The summed E-state index contributed by atoms with van der Waals surface area (Å²) in [7, 11) is 0. The van der Waals surface area contributed by atoms with Gasteiger partial charge in [-0.15, -0.1) is 0 Å². The molecule has 0 radical (unpaired) electrons. The predicted molar refractivity (Wildman–Crippen MR) is 91.0 cm³/mol. The predicted octanol–water partition coefficient (Wildman–Crippen LogP) is 2.63. The Labute approximate surface area is 139 Å². The van der Waals surface area contributed by atoms with Crippen molar-refractivity contribution in [3.63, 3.8) is 0 Å². The zero-order valence-electron chi connectivity index (χ0n) is 13.2. The lowest BCUT2D eigenvalue weighted by Crippen LogP contribution is -2.36. The summed E-state index contributed by atoms with van der Waals surface area (Å²) >= 11 is 0. The summed E-state index contributed by atoms with van der Waals surface area (Å²) in [5.41, 5.74) is 2.02. The number of carbonyl (C=O) groups is 1. The van der Waals surface area contributed by atoms with E-state index >= 15 is 0 Å². The first-order valence-corrected chi connectivity index (χ1v) is 7.47. The number of non-ortho nitro benzene ring substituents is 1. The fourth-order valence-corrected chi connectivity index (χ4v) is 2.24. The number of hydrogen-bond donors (Lipinski definition) is 3. The Kier molecular flexibility index (Phi) is 5.86. The summed E-state index contributed by atoms with van der Waals surface area (Å²) in [5, 5.41) is 25.8. The number of hydrogen-bond acceptors (Lipinski definition) is 4. The van der Waals surface area contributed by atoms with Gasteiger partial charge in [0.2, 0.25) is 0 Å². The number of benzene rings is 2. The van der Waals surface area contributed by atoms with Crippen LogP contribution in [0.25, 0.3) is 0 Å². The average Bonchev–Trinajstić information content (AvgIpc) is 2.55.